The first kappa shape index (κ1) is 18.3. The summed E-state index contributed by atoms with van der Waals surface area (Å²) in [5, 5.41) is 0. The number of para-hydroxylation sites is 2. The molecular weight excluding hydrogens is 342 g/mol. The van der Waals surface area contributed by atoms with Gasteiger partial charge in [0.25, 0.3) is 0 Å². The van der Waals surface area contributed by atoms with Gasteiger partial charge in [0.2, 0.25) is 5.62 Å². The Morgan fingerprint density at radius 2 is 1.21 bits per heavy atom. The molecule has 142 valence electrons. The predicted octanol–water partition coefficient (Wildman–Crippen LogP) is 4.88. The van der Waals surface area contributed by atoms with Gasteiger partial charge in [-0.3, -0.25) is 4.99 Å². The molecule has 0 aliphatic rings. The fourth-order valence-corrected chi connectivity index (χ4v) is 3.77. The lowest BCUT2D eigenvalue weighted by molar-refractivity contribution is 0.629. The Bertz CT molecular complexity index is 1140. The first-order chi connectivity index (χ1) is 13.7. The number of aromatic nitrogens is 2. The summed E-state index contributed by atoms with van der Waals surface area (Å²) in [5.74, 6) is 0. The van der Waals surface area contributed by atoms with Crippen LogP contribution in [0.3, 0.4) is 0 Å². The van der Waals surface area contributed by atoms with Crippen LogP contribution in [-0.2, 0) is 19.5 Å². The number of hydrogen-bond acceptors (Lipinski definition) is 1. The van der Waals surface area contributed by atoms with E-state index >= 15 is 0 Å². The number of benzene rings is 3. The van der Waals surface area contributed by atoms with Gasteiger partial charge in [0.1, 0.15) is 0 Å². The fraction of sp³-hybridized carbons (Fsp3) is 0.240. The van der Waals surface area contributed by atoms with Crippen molar-refractivity contribution in [2.45, 2.75) is 33.4 Å². The minimum atomic E-state index is 0.824. The van der Waals surface area contributed by atoms with Gasteiger partial charge < -0.3 is 9.13 Å². The zero-order valence-corrected chi connectivity index (χ0v) is 16.9. The normalized spacial score (nSPS) is 12.0. The summed E-state index contributed by atoms with van der Waals surface area (Å²) in [7, 11) is 1.89. The Morgan fingerprint density at radius 3 is 1.79 bits per heavy atom. The Balaban J connectivity index is 1.74. The summed E-state index contributed by atoms with van der Waals surface area (Å²) < 4.78 is 4.68. The quantitative estimate of drug-likeness (QED) is 0.478. The van der Waals surface area contributed by atoms with Crippen LogP contribution in [0.4, 0.5) is 0 Å². The molecule has 0 saturated heterocycles. The molecule has 0 N–H and O–H groups in total. The number of rotatable bonds is 5. The molecule has 3 nitrogen and oxygen atoms in total. The highest BCUT2D eigenvalue weighted by molar-refractivity contribution is 5.76. The number of hydrogen-bond donors (Lipinski definition) is 0. The number of aryl methyl sites for hydroxylation is 4. The van der Waals surface area contributed by atoms with Gasteiger partial charge in [0, 0.05) is 13.6 Å². The van der Waals surface area contributed by atoms with Crippen LogP contribution in [0.15, 0.2) is 77.8 Å². The number of imidazole rings is 1. The Kier molecular flexibility index (Phi) is 5.16. The Morgan fingerprint density at radius 1 is 0.679 bits per heavy atom. The molecule has 4 aromatic rings. The van der Waals surface area contributed by atoms with E-state index in [1.54, 1.807) is 0 Å². The maximum Gasteiger partial charge on any atom is 0.205 e. The lowest BCUT2D eigenvalue weighted by Gasteiger charge is -2.07. The summed E-state index contributed by atoms with van der Waals surface area (Å²) >= 11 is 0. The van der Waals surface area contributed by atoms with Crippen LogP contribution in [0.2, 0.25) is 0 Å². The van der Waals surface area contributed by atoms with Crippen LogP contribution in [0.1, 0.15) is 22.3 Å². The second-order valence-corrected chi connectivity index (χ2v) is 7.47. The van der Waals surface area contributed by atoms with Crippen molar-refractivity contribution in [1.29, 1.82) is 0 Å². The molecule has 1 aromatic heterocycles. The summed E-state index contributed by atoms with van der Waals surface area (Å²) in [5.41, 5.74) is 8.73. The van der Waals surface area contributed by atoms with E-state index in [4.69, 9.17) is 0 Å². The van der Waals surface area contributed by atoms with Crippen molar-refractivity contribution in [3.05, 3.63) is 101 Å². The highest BCUT2D eigenvalue weighted by Crippen LogP contribution is 2.16. The molecule has 0 aliphatic carbocycles. The SMILES string of the molecule is CN=c1n(CCc2ccc(C)cc2)c2ccccc2n1Cc1ccc(C)cc1. The highest BCUT2D eigenvalue weighted by atomic mass is 15.2. The topological polar surface area (TPSA) is 22.2 Å². The van der Waals surface area contributed by atoms with Crippen LogP contribution < -0.4 is 5.62 Å². The molecule has 0 aliphatic heterocycles. The van der Waals surface area contributed by atoms with Gasteiger partial charge in [0.05, 0.1) is 17.6 Å². The standard InChI is InChI=1S/C25H27N3/c1-19-8-12-21(13-9-19)16-17-27-23-6-4-5-7-24(23)28(25(27)26-3)18-22-14-10-20(2)11-15-22/h4-15H,16-18H2,1-3H3. The monoisotopic (exact) mass is 369 g/mol. The second kappa shape index (κ2) is 7.89. The van der Waals surface area contributed by atoms with Crippen LogP contribution in [0, 0.1) is 13.8 Å². The largest absolute Gasteiger partial charge is 0.310 e. The average Bonchev–Trinajstić information content (AvgIpc) is 3.02. The molecule has 1 heterocycles. The molecule has 0 spiro atoms. The van der Waals surface area contributed by atoms with Gasteiger partial charge in [-0.2, -0.15) is 0 Å². The second-order valence-electron chi connectivity index (χ2n) is 7.47. The van der Waals surface area contributed by atoms with Crippen molar-refractivity contribution >= 4 is 11.0 Å². The lowest BCUT2D eigenvalue weighted by Crippen LogP contribution is -2.27. The van der Waals surface area contributed by atoms with E-state index < -0.39 is 0 Å². The van der Waals surface area contributed by atoms with E-state index in [2.05, 4.69) is 101 Å². The molecule has 0 saturated carbocycles. The van der Waals surface area contributed by atoms with Crippen molar-refractivity contribution in [3.8, 4) is 0 Å². The molecule has 0 atom stereocenters. The van der Waals surface area contributed by atoms with Gasteiger partial charge in [0.15, 0.2) is 0 Å². The zero-order valence-electron chi connectivity index (χ0n) is 16.9. The highest BCUT2D eigenvalue weighted by Gasteiger charge is 2.11. The third-order valence-electron chi connectivity index (χ3n) is 5.35. The van der Waals surface area contributed by atoms with Crippen molar-refractivity contribution in [1.82, 2.24) is 9.13 Å². The van der Waals surface area contributed by atoms with E-state index in [1.165, 1.54) is 33.3 Å². The molecule has 3 heteroatoms. The number of fused-ring (bicyclic) bond motifs is 1. The maximum atomic E-state index is 4.67. The predicted molar refractivity (Wildman–Crippen MR) is 117 cm³/mol. The third kappa shape index (κ3) is 3.65. The molecule has 0 fully saturated rings. The van der Waals surface area contributed by atoms with Gasteiger partial charge >= 0.3 is 0 Å². The fourth-order valence-electron chi connectivity index (χ4n) is 3.77. The molecule has 4 rings (SSSR count). The smallest absolute Gasteiger partial charge is 0.205 e. The summed E-state index contributed by atoms with van der Waals surface area (Å²) in [6.45, 7) is 5.99. The Labute approximate surface area is 166 Å². The first-order valence-electron chi connectivity index (χ1n) is 9.87. The molecule has 28 heavy (non-hydrogen) atoms. The number of nitrogens with zero attached hydrogens (tertiary/aromatic N) is 3. The van der Waals surface area contributed by atoms with Gasteiger partial charge in [-0.15, -0.1) is 0 Å². The van der Waals surface area contributed by atoms with Crippen molar-refractivity contribution < 1.29 is 0 Å². The maximum absolute atomic E-state index is 4.67. The van der Waals surface area contributed by atoms with Crippen molar-refractivity contribution in [2.75, 3.05) is 7.05 Å². The van der Waals surface area contributed by atoms with Crippen LogP contribution in [-0.4, -0.2) is 16.2 Å². The summed E-state index contributed by atoms with van der Waals surface area (Å²) in [6.07, 6.45) is 0.992. The first-order valence-corrected chi connectivity index (χ1v) is 9.87. The summed E-state index contributed by atoms with van der Waals surface area (Å²) in [4.78, 5) is 4.67. The third-order valence-corrected chi connectivity index (χ3v) is 5.35. The van der Waals surface area contributed by atoms with Gasteiger partial charge in [-0.1, -0.05) is 71.8 Å². The molecular formula is C25H27N3. The molecule has 0 unspecified atom stereocenters. The summed E-state index contributed by atoms with van der Waals surface area (Å²) in [6, 6.07) is 26.2. The minimum absolute atomic E-state index is 0.824. The Hall–Kier alpha value is -3.07. The van der Waals surface area contributed by atoms with E-state index in [1.807, 2.05) is 7.05 Å². The van der Waals surface area contributed by atoms with Crippen LogP contribution >= 0.6 is 0 Å². The van der Waals surface area contributed by atoms with E-state index in [0.29, 0.717) is 0 Å². The van der Waals surface area contributed by atoms with E-state index in [9.17, 15) is 0 Å². The van der Waals surface area contributed by atoms with Crippen molar-refractivity contribution in [2.24, 2.45) is 4.99 Å². The molecule has 0 amide bonds. The minimum Gasteiger partial charge on any atom is -0.310 e. The average molecular weight is 370 g/mol. The molecule has 3 aromatic carbocycles. The van der Waals surface area contributed by atoms with Crippen LogP contribution in [0.5, 0.6) is 0 Å². The van der Waals surface area contributed by atoms with Gasteiger partial charge in [-0.05, 0) is 43.5 Å². The molecule has 0 bridgehead atoms. The van der Waals surface area contributed by atoms with Crippen LogP contribution in [0.25, 0.3) is 11.0 Å². The zero-order chi connectivity index (χ0) is 19.5. The van der Waals surface area contributed by atoms with Gasteiger partial charge in [-0.25, -0.2) is 0 Å². The molecule has 0 radical (unpaired) electrons. The van der Waals surface area contributed by atoms with E-state index in [-0.39, 0.29) is 0 Å². The lowest BCUT2D eigenvalue weighted by atomic mass is 10.1. The van der Waals surface area contributed by atoms with E-state index in [0.717, 1.165) is 25.1 Å². The van der Waals surface area contributed by atoms with Crippen molar-refractivity contribution in [3.63, 3.8) is 0 Å².